The molecule has 0 bridgehead atoms. The molecule has 0 saturated carbocycles. The number of rotatable bonds is 48. The van der Waals surface area contributed by atoms with Gasteiger partial charge >= 0.3 is 17.9 Å². The van der Waals surface area contributed by atoms with Crippen LogP contribution >= 0.6 is 0 Å². The molecule has 6 nitrogen and oxygen atoms in total. The van der Waals surface area contributed by atoms with Crippen molar-refractivity contribution in [3.63, 3.8) is 0 Å². The molecule has 0 rings (SSSR count). The summed E-state index contributed by atoms with van der Waals surface area (Å²) in [5, 5.41) is 0. The molecule has 0 aliphatic heterocycles. The number of carbonyl (C=O) groups excluding carboxylic acids is 3. The van der Waals surface area contributed by atoms with E-state index < -0.39 is 6.10 Å². The Morgan fingerprint density at radius 3 is 1.04 bits per heavy atom. The summed E-state index contributed by atoms with van der Waals surface area (Å²) in [5.41, 5.74) is 0. The average Bonchev–Trinajstić information content (AvgIpc) is 3.36. The number of unbranched alkanes of at least 4 members (excludes halogenated alkanes) is 19. The van der Waals surface area contributed by atoms with E-state index in [1.54, 1.807) is 0 Å². The van der Waals surface area contributed by atoms with E-state index in [2.05, 4.69) is 93.7 Å². The van der Waals surface area contributed by atoms with Crippen LogP contribution in [0.25, 0.3) is 0 Å². The van der Waals surface area contributed by atoms with E-state index in [-0.39, 0.29) is 37.5 Å². The predicted octanol–water partition coefficient (Wildman–Crippen LogP) is 18.8. The average molecular weight is 965 g/mol. The summed E-state index contributed by atoms with van der Waals surface area (Å²) in [6, 6.07) is 0. The number of hydrogen-bond acceptors (Lipinski definition) is 6. The zero-order valence-electron chi connectivity index (χ0n) is 44.7. The van der Waals surface area contributed by atoms with Crippen LogP contribution in [0.15, 0.2) is 146 Å². The second kappa shape index (κ2) is 56.9. The zero-order chi connectivity index (χ0) is 50.7. The molecular formula is C64H100O6. The molecule has 0 aromatic rings. The first-order valence-electron chi connectivity index (χ1n) is 27.9. The molecule has 0 aliphatic carbocycles. The van der Waals surface area contributed by atoms with Gasteiger partial charge in [-0.1, -0.05) is 263 Å². The second-order valence-corrected chi connectivity index (χ2v) is 17.9. The van der Waals surface area contributed by atoms with Crippen molar-refractivity contribution in [1.82, 2.24) is 0 Å². The van der Waals surface area contributed by atoms with Gasteiger partial charge in [0.15, 0.2) is 6.10 Å². The normalized spacial score (nSPS) is 13.2. The van der Waals surface area contributed by atoms with Crippen LogP contribution in [0.4, 0.5) is 0 Å². The van der Waals surface area contributed by atoms with Gasteiger partial charge in [0, 0.05) is 19.3 Å². The third kappa shape index (κ3) is 54.2. The molecule has 0 N–H and O–H groups in total. The van der Waals surface area contributed by atoms with Gasteiger partial charge in [-0.25, -0.2) is 0 Å². The first-order chi connectivity index (χ1) is 34.5. The smallest absolute Gasteiger partial charge is 0.306 e. The highest BCUT2D eigenvalue weighted by Gasteiger charge is 2.19. The fourth-order valence-corrected chi connectivity index (χ4v) is 7.16. The number of ether oxygens (including phenoxy) is 3. The highest BCUT2D eigenvalue weighted by molar-refractivity contribution is 5.71. The molecule has 0 aromatic heterocycles. The third-order valence-corrected chi connectivity index (χ3v) is 11.3. The molecule has 1 unspecified atom stereocenters. The Hall–Kier alpha value is -4.71. The van der Waals surface area contributed by atoms with Crippen molar-refractivity contribution in [2.45, 2.75) is 226 Å². The molecule has 0 heterocycles. The fourth-order valence-electron chi connectivity index (χ4n) is 7.16. The maximum absolute atomic E-state index is 12.8. The van der Waals surface area contributed by atoms with Crippen molar-refractivity contribution < 1.29 is 28.6 Å². The standard InChI is InChI=1S/C64H100O6/c1-4-7-10-13-16-19-22-25-28-30-32-34-36-39-42-45-48-51-54-57-63(66)69-60-61(59-68-62(65)56-53-50-47-44-41-38-27-24-21-18-15-12-9-6-3)70-64(67)58-55-52-49-46-43-40-37-35-33-31-29-26-23-20-17-14-11-8-5-2/h7-8,10-11,13,16-17,19-20,22,25-26,28-30,32-36,39-40,42-43,61H,4-6,9,12,14-15,18,21,23-24,27,31,37-38,41,44-60H2,1-3H3/b10-7-,11-8-,16-13-,20-17-,22-19-,28-25-,29-26-,32-30+,35-33-,36-34-,42-39-,43-40-. The molecule has 0 amide bonds. The fraction of sp³-hybridized carbons (Fsp3) is 0.578. The van der Waals surface area contributed by atoms with E-state index >= 15 is 0 Å². The van der Waals surface area contributed by atoms with E-state index in [4.69, 9.17) is 14.2 Å². The van der Waals surface area contributed by atoms with E-state index in [0.717, 1.165) is 103 Å². The maximum atomic E-state index is 12.8. The van der Waals surface area contributed by atoms with Gasteiger partial charge in [-0.05, 0) is 83.5 Å². The van der Waals surface area contributed by atoms with Gasteiger partial charge in [0.25, 0.3) is 0 Å². The van der Waals surface area contributed by atoms with Crippen LogP contribution in [0.2, 0.25) is 0 Å². The third-order valence-electron chi connectivity index (χ3n) is 11.3. The molecule has 0 aliphatic rings. The van der Waals surface area contributed by atoms with Crippen LogP contribution < -0.4 is 0 Å². The highest BCUT2D eigenvalue weighted by Crippen LogP contribution is 2.14. The molecule has 70 heavy (non-hydrogen) atoms. The summed E-state index contributed by atoms with van der Waals surface area (Å²) in [6.45, 7) is 6.30. The monoisotopic (exact) mass is 965 g/mol. The van der Waals surface area contributed by atoms with Gasteiger partial charge in [0.1, 0.15) is 13.2 Å². The van der Waals surface area contributed by atoms with Gasteiger partial charge in [-0.2, -0.15) is 0 Å². The Balaban J connectivity index is 4.58. The summed E-state index contributed by atoms with van der Waals surface area (Å²) in [6.07, 6.45) is 81.1. The molecular weight excluding hydrogens is 865 g/mol. The van der Waals surface area contributed by atoms with Crippen molar-refractivity contribution in [3.05, 3.63) is 146 Å². The van der Waals surface area contributed by atoms with Crippen molar-refractivity contribution in [2.75, 3.05) is 13.2 Å². The van der Waals surface area contributed by atoms with E-state index in [0.29, 0.717) is 19.3 Å². The topological polar surface area (TPSA) is 78.9 Å². The Morgan fingerprint density at radius 2 is 0.629 bits per heavy atom. The maximum Gasteiger partial charge on any atom is 0.306 e. The first-order valence-corrected chi connectivity index (χ1v) is 27.9. The lowest BCUT2D eigenvalue weighted by molar-refractivity contribution is -0.167. The van der Waals surface area contributed by atoms with Gasteiger partial charge in [0.05, 0.1) is 0 Å². The number of allylic oxidation sites excluding steroid dienone is 24. The molecule has 0 aromatic carbocycles. The summed E-state index contributed by atoms with van der Waals surface area (Å²) >= 11 is 0. The Morgan fingerprint density at radius 1 is 0.314 bits per heavy atom. The number of hydrogen-bond donors (Lipinski definition) is 0. The van der Waals surface area contributed by atoms with Gasteiger partial charge in [0.2, 0.25) is 0 Å². The van der Waals surface area contributed by atoms with Crippen LogP contribution in [0, 0.1) is 0 Å². The SMILES string of the molecule is CC\C=C/C=C\C=C/C=C\C=C\C=C/C=C\CCCCCC(=O)OCC(COC(=O)CCCCCCCCCCCCCCCC)OC(=O)CCCCC/C=C\C/C=C\C/C=C\C/C=C\C/C=C\CC. The number of carbonyl (C=O) groups is 3. The molecule has 6 heteroatoms. The molecule has 1 atom stereocenters. The lowest BCUT2D eigenvalue weighted by Crippen LogP contribution is -2.30. The Labute approximate surface area is 429 Å². The molecule has 0 saturated heterocycles. The second-order valence-electron chi connectivity index (χ2n) is 17.9. The first kappa shape index (κ1) is 65.3. The molecule has 0 fully saturated rings. The quantitative estimate of drug-likeness (QED) is 0.0199. The van der Waals surface area contributed by atoms with E-state index in [1.807, 2.05) is 72.9 Å². The van der Waals surface area contributed by atoms with Gasteiger partial charge in [-0.3, -0.25) is 14.4 Å². The molecule has 0 radical (unpaired) electrons. The van der Waals surface area contributed by atoms with Crippen LogP contribution in [-0.2, 0) is 28.6 Å². The summed E-state index contributed by atoms with van der Waals surface area (Å²) in [7, 11) is 0. The minimum atomic E-state index is -0.820. The minimum Gasteiger partial charge on any atom is -0.462 e. The van der Waals surface area contributed by atoms with Crippen LogP contribution in [-0.4, -0.2) is 37.2 Å². The largest absolute Gasteiger partial charge is 0.462 e. The number of esters is 3. The van der Waals surface area contributed by atoms with Gasteiger partial charge < -0.3 is 14.2 Å². The molecule has 0 spiro atoms. The van der Waals surface area contributed by atoms with Crippen molar-refractivity contribution >= 4 is 17.9 Å². The van der Waals surface area contributed by atoms with Crippen molar-refractivity contribution in [2.24, 2.45) is 0 Å². The minimum absolute atomic E-state index is 0.111. The Bertz CT molecular complexity index is 1580. The van der Waals surface area contributed by atoms with Gasteiger partial charge in [-0.15, -0.1) is 0 Å². The van der Waals surface area contributed by atoms with Crippen LogP contribution in [0.1, 0.15) is 220 Å². The van der Waals surface area contributed by atoms with Crippen molar-refractivity contribution in [3.8, 4) is 0 Å². The van der Waals surface area contributed by atoms with Crippen molar-refractivity contribution in [1.29, 1.82) is 0 Å². The van der Waals surface area contributed by atoms with Crippen LogP contribution in [0.5, 0.6) is 0 Å². The predicted molar refractivity (Wildman–Crippen MR) is 302 cm³/mol. The summed E-state index contributed by atoms with van der Waals surface area (Å²) in [5.74, 6) is -0.995. The lowest BCUT2D eigenvalue weighted by Gasteiger charge is -2.18. The lowest BCUT2D eigenvalue weighted by atomic mass is 10.0. The summed E-state index contributed by atoms with van der Waals surface area (Å²) in [4.78, 5) is 38.1. The summed E-state index contributed by atoms with van der Waals surface area (Å²) < 4.78 is 16.8. The van der Waals surface area contributed by atoms with E-state index in [1.165, 1.54) is 70.6 Å². The Kier molecular flexibility index (Phi) is 53.0. The van der Waals surface area contributed by atoms with E-state index in [9.17, 15) is 14.4 Å². The highest BCUT2D eigenvalue weighted by atomic mass is 16.6. The zero-order valence-corrected chi connectivity index (χ0v) is 44.7. The van der Waals surface area contributed by atoms with Crippen LogP contribution in [0.3, 0.4) is 0 Å². The molecule has 392 valence electrons.